The predicted molar refractivity (Wildman–Crippen MR) is 149 cm³/mol. The molecule has 166 valence electrons. The molecular weight excluding hydrogens is 446 g/mol. The highest BCUT2D eigenvalue weighted by Gasteiger charge is 2.79. The fraction of sp³-hybridized carbons (Fsp3) is 0.188. The highest BCUT2D eigenvalue weighted by atomic mass is 31.2. The van der Waals surface area contributed by atoms with Gasteiger partial charge < -0.3 is 0 Å². The van der Waals surface area contributed by atoms with E-state index in [0.29, 0.717) is 0 Å². The Kier molecular flexibility index (Phi) is 5.08. The Morgan fingerprint density at radius 1 is 0.441 bits per heavy atom. The first-order valence-corrected chi connectivity index (χ1v) is 15.1. The average Bonchev–Trinajstić information content (AvgIpc) is 3.20. The minimum atomic E-state index is -0.527. The molecule has 0 saturated heterocycles. The van der Waals surface area contributed by atoms with Crippen molar-refractivity contribution in [2.24, 2.45) is 23.7 Å². The topological polar surface area (TPSA) is 0 Å². The summed E-state index contributed by atoms with van der Waals surface area (Å²) in [6.07, 6.45) is 6.51. The van der Waals surface area contributed by atoms with Crippen LogP contribution in [0, 0.1) is 23.7 Å². The van der Waals surface area contributed by atoms with Gasteiger partial charge in [0.2, 0.25) is 0 Å². The van der Waals surface area contributed by atoms with Crippen molar-refractivity contribution in [1.82, 2.24) is 0 Å². The maximum Gasteiger partial charge on any atom is 0.0341 e. The Balaban J connectivity index is 1.51. The quantitative estimate of drug-likeness (QED) is 0.224. The Morgan fingerprint density at radius 3 is 1.03 bits per heavy atom. The van der Waals surface area contributed by atoms with Crippen LogP contribution in [0.1, 0.15) is 6.42 Å². The maximum atomic E-state index is 2.57. The van der Waals surface area contributed by atoms with Gasteiger partial charge in [0.1, 0.15) is 0 Å². The fourth-order valence-electron chi connectivity index (χ4n) is 7.00. The van der Waals surface area contributed by atoms with Gasteiger partial charge in [-0.25, -0.2) is 0 Å². The van der Waals surface area contributed by atoms with Crippen LogP contribution in [-0.4, -0.2) is 4.90 Å². The standard InChI is InChI=1S/C32H28P2/c1-5-13-26(14-6-1)33(27-15-7-2-8-16-27)32(30-24-21-22-25(23-24)31(30)32)34(28-17-9-3-10-18-28)29-19-11-4-12-20-29/h1-22,24-25,30-31H,23H2/t24?,25?,30-,31?/m0/s1. The van der Waals surface area contributed by atoms with E-state index in [2.05, 4.69) is 133 Å². The molecule has 3 aliphatic rings. The summed E-state index contributed by atoms with van der Waals surface area (Å²) in [5, 5.41) is 6.16. The summed E-state index contributed by atoms with van der Waals surface area (Å²) < 4.78 is 0. The molecule has 4 aromatic rings. The summed E-state index contributed by atoms with van der Waals surface area (Å²) in [7, 11) is -1.05. The van der Waals surface area contributed by atoms with Gasteiger partial charge in [-0.1, -0.05) is 133 Å². The summed E-state index contributed by atoms with van der Waals surface area (Å²) in [5.41, 5.74) is 0. The molecule has 2 heteroatoms. The Bertz CT molecular complexity index is 1120. The van der Waals surface area contributed by atoms with Gasteiger partial charge >= 0.3 is 0 Å². The summed E-state index contributed by atoms with van der Waals surface area (Å²) in [6, 6.07) is 46.0. The van der Waals surface area contributed by atoms with E-state index in [1.807, 2.05) is 0 Å². The molecule has 4 atom stereocenters. The third kappa shape index (κ3) is 3.05. The van der Waals surface area contributed by atoms with Crippen LogP contribution >= 0.6 is 15.8 Å². The summed E-state index contributed by atoms with van der Waals surface area (Å²) in [5.74, 6) is 3.04. The first kappa shape index (κ1) is 20.8. The van der Waals surface area contributed by atoms with Crippen molar-refractivity contribution in [3.05, 3.63) is 133 Å². The zero-order chi connectivity index (χ0) is 22.5. The van der Waals surface area contributed by atoms with Crippen molar-refractivity contribution in [1.29, 1.82) is 0 Å². The molecule has 2 fully saturated rings. The van der Waals surface area contributed by atoms with E-state index in [1.54, 1.807) is 0 Å². The van der Waals surface area contributed by atoms with Crippen LogP contribution in [0.4, 0.5) is 0 Å². The van der Waals surface area contributed by atoms with Crippen LogP contribution in [0.25, 0.3) is 0 Å². The second kappa shape index (κ2) is 8.30. The highest BCUT2D eigenvalue weighted by molar-refractivity contribution is 7.91. The predicted octanol–water partition coefficient (Wildman–Crippen LogP) is 6.40. The van der Waals surface area contributed by atoms with Crippen molar-refractivity contribution in [2.45, 2.75) is 11.3 Å². The molecule has 2 bridgehead atoms. The van der Waals surface area contributed by atoms with Crippen LogP contribution in [-0.2, 0) is 0 Å². The van der Waals surface area contributed by atoms with Gasteiger partial charge in [0, 0.05) is 4.90 Å². The van der Waals surface area contributed by atoms with Crippen molar-refractivity contribution < 1.29 is 0 Å². The number of allylic oxidation sites excluding steroid dienone is 2. The Hall–Kier alpha value is -2.52. The van der Waals surface area contributed by atoms with Crippen molar-refractivity contribution >= 4 is 37.1 Å². The Labute approximate surface area is 205 Å². The first-order chi connectivity index (χ1) is 16.9. The molecule has 4 aromatic carbocycles. The second-order valence-electron chi connectivity index (χ2n) is 9.80. The smallest absolute Gasteiger partial charge is 0.0341 e. The lowest BCUT2D eigenvalue weighted by atomic mass is 10.1. The van der Waals surface area contributed by atoms with E-state index < -0.39 is 15.8 Å². The minimum absolute atomic E-state index is 0.285. The number of benzene rings is 4. The van der Waals surface area contributed by atoms with E-state index in [0.717, 1.165) is 23.7 Å². The molecule has 0 aliphatic heterocycles. The van der Waals surface area contributed by atoms with Gasteiger partial charge in [0.05, 0.1) is 0 Å². The first-order valence-electron chi connectivity index (χ1n) is 12.4. The van der Waals surface area contributed by atoms with Crippen molar-refractivity contribution in [3.63, 3.8) is 0 Å². The number of rotatable bonds is 6. The van der Waals surface area contributed by atoms with Crippen LogP contribution in [0.15, 0.2) is 133 Å². The maximum absolute atomic E-state index is 2.57. The third-order valence-corrected chi connectivity index (χ3v) is 15.2. The molecule has 34 heavy (non-hydrogen) atoms. The molecule has 3 aliphatic carbocycles. The van der Waals surface area contributed by atoms with E-state index in [-0.39, 0.29) is 4.90 Å². The second-order valence-corrected chi connectivity index (χ2v) is 15.0. The molecule has 0 nitrogen and oxygen atoms in total. The monoisotopic (exact) mass is 474 g/mol. The molecule has 0 amide bonds. The minimum Gasteiger partial charge on any atom is -0.0848 e. The van der Waals surface area contributed by atoms with Gasteiger partial charge in [0.25, 0.3) is 0 Å². The Morgan fingerprint density at radius 2 is 0.735 bits per heavy atom. The van der Waals surface area contributed by atoms with Crippen molar-refractivity contribution in [3.8, 4) is 0 Å². The van der Waals surface area contributed by atoms with Gasteiger partial charge in [-0.3, -0.25) is 0 Å². The molecule has 2 saturated carbocycles. The molecular formula is C32H28P2. The summed E-state index contributed by atoms with van der Waals surface area (Å²) in [4.78, 5) is 0.285. The summed E-state index contributed by atoms with van der Waals surface area (Å²) in [6.45, 7) is 0. The normalized spacial score (nSPS) is 25.6. The molecule has 0 radical (unpaired) electrons. The molecule has 0 aromatic heterocycles. The SMILES string of the molecule is C1=CC2CC1C1[C@H]2C1(P(c1ccccc1)c1ccccc1)P(c1ccccc1)c1ccccc1. The van der Waals surface area contributed by atoms with Crippen LogP contribution in [0.5, 0.6) is 0 Å². The zero-order valence-electron chi connectivity index (χ0n) is 19.1. The molecule has 7 rings (SSSR count). The number of hydrogen-bond donors (Lipinski definition) is 0. The largest absolute Gasteiger partial charge is 0.0848 e. The number of fused-ring (bicyclic) bond motifs is 5. The third-order valence-electron chi connectivity index (χ3n) is 8.11. The number of hydrogen-bond acceptors (Lipinski definition) is 0. The van der Waals surface area contributed by atoms with Gasteiger partial charge in [-0.2, -0.15) is 0 Å². The van der Waals surface area contributed by atoms with E-state index in [4.69, 9.17) is 0 Å². The van der Waals surface area contributed by atoms with Crippen LogP contribution < -0.4 is 21.2 Å². The van der Waals surface area contributed by atoms with Gasteiger partial charge in [-0.05, 0) is 67.2 Å². The highest BCUT2D eigenvalue weighted by Crippen LogP contribution is 2.89. The van der Waals surface area contributed by atoms with Crippen molar-refractivity contribution in [2.75, 3.05) is 0 Å². The molecule has 0 N–H and O–H groups in total. The molecule has 3 unspecified atom stereocenters. The van der Waals surface area contributed by atoms with Gasteiger partial charge in [0.15, 0.2) is 0 Å². The lowest BCUT2D eigenvalue weighted by Crippen LogP contribution is -2.34. The van der Waals surface area contributed by atoms with E-state index in [1.165, 1.54) is 27.6 Å². The van der Waals surface area contributed by atoms with E-state index in [9.17, 15) is 0 Å². The lowest BCUT2D eigenvalue weighted by Gasteiger charge is -2.40. The lowest BCUT2D eigenvalue weighted by molar-refractivity contribution is 0.564. The summed E-state index contributed by atoms with van der Waals surface area (Å²) >= 11 is 0. The van der Waals surface area contributed by atoms with E-state index >= 15 is 0 Å². The van der Waals surface area contributed by atoms with Crippen LogP contribution in [0.3, 0.4) is 0 Å². The average molecular weight is 475 g/mol. The zero-order valence-corrected chi connectivity index (χ0v) is 20.9. The van der Waals surface area contributed by atoms with Gasteiger partial charge in [-0.15, -0.1) is 0 Å². The molecule has 0 heterocycles. The van der Waals surface area contributed by atoms with Crippen LogP contribution in [0.2, 0.25) is 0 Å². The fourth-order valence-corrected chi connectivity index (χ4v) is 15.8. The molecule has 0 spiro atoms.